The highest BCUT2D eigenvalue weighted by Gasteiger charge is 2.39. The maximum atomic E-state index is 15.2. The van der Waals surface area contributed by atoms with E-state index in [4.69, 9.17) is 17.3 Å². The maximum absolute atomic E-state index is 15.2. The molecule has 188 valence electrons. The fraction of sp³-hybridized carbons (Fsp3) is 0.280. The summed E-state index contributed by atoms with van der Waals surface area (Å²) in [6, 6.07) is 10.3. The third-order valence-corrected chi connectivity index (χ3v) is 9.78. The number of anilines is 1. The molecular weight excluding hydrogens is 523 g/mol. The summed E-state index contributed by atoms with van der Waals surface area (Å²) >= 11 is 7.67. The van der Waals surface area contributed by atoms with E-state index in [9.17, 15) is 13.5 Å². The van der Waals surface area contributed by atoms with Crippen LogP contribution in [-0.4, -0.2) is 35.3 Å². The van der Waals surface area contributed by atoms with E-state index in [1.807, 2.05) is 43.3 Å². The largest absolute Gasteiger partial charge is 0.396 e. The summed E-state index contributed by atoms with van der Waals surface area (Å²) in [7, 11) is -3.71. The second kappa shape index (κ2) is 9.68. The molecule has 0 spiro atoms. The van der Waals surface area contributed by atoms with Gasteiger partial charge in [0.05, 0.1) is 22.0 Å². The van der Waals surface area contributed by atoms with Crippen LogP contribution < -0.4 is 10.5 Å². The Kier molecular flexibility index (Phi) is 6.73. The highest BCUT2D eigenvalue weighted by Crippen LogP contribution is 2.42. The van der Waals surface area contributed by atoms with Gasteiger partial charge in [0.15, 0.2) is 11.6 Å². The van der Waals surface area contributed by atoms with Gasteiger partial charge in [0.25, 0.3) is 0 Å². The fourth-order valence-corrected chi connectivity index (χ4v) is 7.17. The lowest BCUT2D eigenvalue weighted by atomic mass is 10.00. The van der Waals surface area contributed by atoms with Crippen molar-refractivity contribution in [3.8, 4) is 11.3 Å². The first kappa shape index (κ1) is 25.0. The SMILES string of the molecule is CC(CO)c1ccnc(-c2cccc3cc(C(NS(=O)(=O)C4CC4)c4c(Cl)cnc(N)c4F)sc23)c1. The number of rotatable bonds is 8. The zero-order valence-corrected chi connectivity index (χ0v) is 21.7. The number of aromatic nitrogens is 2. The van der Waals surface area contributed by atoms with E-state index in [0.29, 0.717) is 17.7 Å². The summed E-state index contributed by atoms with van der Waals surface area (Å²) in [6.07, 6.45) is 4.04. The van der Waals surface area contributed by atoms with Crippen LogP contribution in [0.4, 0.5) is 10.2 Å². The van der Waals surface area contributed by atoms with Crippen LogP contribution in [0.1, 0.15) is 47.7 Å². The number of halogens is 2. The number of benzene rings is 1. The van der Waals surface area contributed by atoms with Gasteiger partial charge in [-0.25, -0.2) is 22.5 Å². The first-order valence-corrected chi connectivity index (χ1v) is 14.1. The van der Waals surface area contributed by atoms with Crippen LogP contribution in [-0.2, 0) is 10.0 Å². The standard InChI is InChI=1S/C25H24ClFN4O3S2/c1-13(12-32)14-7-8-29-19(9-14)17-4-2-3-15-10-20(35-24(15)17)23(31-36(33,34)16-5-6-16)21-18(26)11-30-25(28)22(21)27/h2-4,7-11,13,16,23,31-32H,5-6,12H2,1H3,(H2,28,30). The van der Waals surface area contributed by atoms with E-state index in [0.717, 1.165) is 26.9 Å². The molecule has 3 aromatic heterocycles. The van der Waals surface area contributed by atoms with E-state index in [2.05, 4.69) is 14.7 Å². The van der Waals surface area contributed by atoms with Crippen molar-refractivity contribution in [3.05, 3.63) is 75.6 Å². The Morgan fingerprint density at radius 1 is 1.28 bits per heavy atom. The summed E-state index contributed by atoms with van der Waals surface area (Å²) < 4.78 is 44.6. The van der Waals surface area contributed by atoms with Gasteiger partial charge in [-0.15, -0.1) is 11.3 Å². The summed E-state index contributed by atoms with van der Waals surface area (Å²) in [4.78, 5) is 8.85. The molecule has 4 N–H and O–H groups in total. The highest BCUT2D eigenvalue weighted by molar-refractivity contribution is 7.90. The number of nitrogens with zero attached hydrogens (tertiary/aromatic N) is 2. The number of sulfonamides is 1. The van der Waals surface area contributed by atoms with Crippen LogP contribution in [0.3, 0.4) is 0 Å². The monoisotopic (exact) mass is 546 g/mol. The van der Waals surface area contributed by atoms with Crippen molar-refractivity contribution in [1.82, 2.24) is 14.7 Å². The molecule has 11 heteroatoms. The van der Waals surface area contributed by atoms with Crippen molar-refractivity contribution in [3.63, 3.8) is 0 Å². The number of aliphatic hydroxyl groups excluding tert-OH is 1. The van der Waals surface area contributed by atoms with Gasteiger partial charge < -0.3 is 10.8 Å². The molecule has 7 nitrogen and oxygen atoms in total. The quantitative estimate of drug-likeness (QED) is 0.286. The van der Waals surface area contributed by atoms with Crippen LogP contribution in [0.5, 0.6) is 0 Å². The second-order valence-electron chi connectivity index (χ2n) is 8.94. The van der Waals surface area contributed by atoms with E-state index >= 15 is 4.39 Å². The van der Waals surface area contributed by atoms with Crippen LogP contribution >= 0.6 is 22.9 Å². The minimum atomic E-state index is -3.71. The van der Waals surface area contributed by atoms with Crippen molar-refractivity contribution >= 4 is 48.9 Å². The molecule has 0 bridgehead atoms. The van der Waals surface area contributed by atoms with E-state index in [-0.39, 0.29) is 28.9 Å². The number of fused-ring (bicyclic) bond motifs is 1. The Labute approximate surface area is 217 Å². The number of hydrogen-bond acceptors (Lipinski definition) is 7. The predicted octanol–water partition coefficient (Wildman–Crippen LogP) is 5.00. The summed E-state index contributed by atoms with van der Waals surface area (Å²) in [5.41, 5.74) is 8.19. The Morgan fingerprint density at radius 2 is 2.06 bits per heavy atom. The molecule has 0 radical (unpaired) electrons. The molecular formula is C25H24ClFN4O3S2. The summed E-state index contributed by atoms with van der Waals surface area (Å²) in [6.45, 7) is 1.94. The minimum Gasteiger partial charge on any atom is -0.396 e. The smallest absolute Gasteiger partial charge is 0.215 e. The number of pyridine rings is 2. The van der Waals surface area contributed by atoms with Gasteiger partial charge in [-0.2, -0.15) is 0 Å². The number of aliphatic hydroxyl groups is 1. The molecule has 3 heterocycles. The predicted molar refractivity (Wildman–Crippen MR) is 141 cm³/mol. The lowest BCUT2D eigenvalue weighted by Gasteiger charge is -2.20. The average molecular weight is 547 g/mol. The normalized spacial score (nSPS) is 15.8. The third kappa shape index (κ3) is 4.71. The van der Waals surface area contributed by atoms with Crippen molar-refractivity contribution in [2.45, 2.75) is 37.0 Å². The minimum absolute atomic E-state index is 0.0149. The van der Waals surface area contributed by atoms with Crippen molar-refractivity contribution in [2.75, 3.05) is 12.3 Å². The average Bonchev–Trinajstić information content (AvgIpc) is 3.65. The molecule has 0 saturated heterocycles. The van der Waals surface area contributed by atoms with Gasteiger partial charge >= 0.3 is 0 Å². The molecule has 1 aromatic carbocycles. The number of hydrogen-bond donors (Lipinski definition) is 3. The molecule has 36 heavy (non-hydrogen) atoms. The Balaban J connectivity index is 1.66. The van der Waals surface area contributed by atoms with E-state index in [1.165, 1.54) is 17.5 Å². The molecule has 2 atom stereocenters. The van der Waals surface area contributed by atoms with Crippen molar-refractivity contribution < 1.29 is 17.9 Å². The van der Waals surface area contributed by atoms with Gasteiger partial charge in [0, 0.05) is 45.6 Å². The third-order valence-electron chi connectivity index (χ3n) is 6.32. The summed E-state index contributed by atoms with van der Waals surface area (Å²) in [5, 5.41) is 9.89. The Morgan fingerprint density at radius 3 is 2.78 bits per heavy atom. The van der Waals surface area contributed by atoms with E-state index < -0.39 is 27.1 Å². The second-order valence-corrected chi connectivity index (χ2v) is 12.4. The van der Waals surface area contributed by atoms with Gasteiger partial charge in [-0.05, 0) is 42.0 Å². The van der Waals surface area contributed by atoms with Gasteiger partial charge in [-0.1, -0.05) is 36.7 Å². The Hall–Kier alpha value is -2.63. The maximum Gasteiger partial charge on any atom is 0.215 e. The summed E-state index contributed by atoms with van der Waals surface area (Å²) in [5.74, 6) is -1.25. The van der Waals surface area contributed by atoms with Crippen LogP contribution in [0, 0.1) is 5.82 Å². The lowest BCUT2D eigenvalue weighted by Crippen LogP contribution is -2.32. The van der Waals surface area contributed by atoms with Crippen LogP contribution in [0.2, 0.25) is 5.02 Å². The Bertz CT molecular complexity index is 1560. The van der Waals surface area contributed by atoms with Crippen molar-refractivity contribution in [2.24, 2.45) is 0 Å². The number of nitrogens with two attached hydrogens (primary N) is 1. The first-order chi connectivity index (χ1) is 17.2. The number of nitrogen functional groups attached to an aromatic ring is 1. The zero-order chi connectivity index (χ0) is 25.6. The molecule has 5 rings (SSSR count). The fourth-order valence-electron chi connectivity index (χ4n) is 4.09. The van der Waals surface area contributed by atoms with Crippen molar-refractivity contribution in [1.29, 1.82) is 0 Å². The molecule has 1 saturated carbocycles. The van der Waals surface area contributed by atoms with Gasteiger partial charge in [0.1, 0.15) is 0 Å². The lowest BCUT2D eigenvalue weighted by molar-refractivity contribution is 0.273. The van der Waals surface area contributed by atoms with Gasteiger partial charge in [0.2, 0.25) is 10.0 Å². The highest BCUT2D eigenvalue weighted by atomic mass is 35.5. The molecule has 1 fully saturated rings. The molecule has 1 aliphatic rings. The zero-order valence-electron chi connectivity index (χ0n) is 19.3. The molecule has 0 aliphatic heterocycles. The van der Waals surface area contributed by atoms with Crippen LogP contribution in [0.15, 0.2) is 48.8 Å². The molecule has 4 aromatic rings. The number of nitrogens with one attached hydrogen (secondary N) is 1. The molecule has 2 unspecified atom stereocenters. The number of thiophene rings is 1. The topological polar surface area (TPSA) is 118 Å². The molecule has 0 amide bonds. The first-order valence-electron chi connectivity index (χ1n) is 11.4. The molecule has 1 aliphatic carbocycles. The van der Waals surface area contributed by atoms with Crippen LogP contribution in [0.25, 0.3) is 21.3 Å². The van der Waals surface area contributed by atoms with E-state index in [1.54, 1.807) is 6.20 Å². The van der Waals surface area contributed by atoms with Gasteiger partial charge in [-0.3, -0.25) is 4.98 Å².